The third kappa shape index (κ3) is 5.07. The molecule has 0 unspecified atom stereocenters. The molecule has 4 rings (SSSR count). The predicted octanol–water partition coefficient (Wildman–Crippen LogP) is 4.51. The lowest BCUT2D eigenvalue weighted by Crippen LogP contribution is -2.35. The molecule has 0 aromatic heterocycles. The molecule has 33 heavy (non-hydrogen) atoms. The number of nitrogens with zero attached hydrogens (tertiary/aromatic N) is 1. The molecule has 0 saturated carbocycles. The Bertz CT molecular complexity index is 1260. The van der Waals surface area contributed by atoms with Crippen LogP contribution in [0.4, 0.5) is 11.4 Å². The van der Waals surface area contributed by atoms with E-state index in [-0.39, 0.29) is 11.5 Å². The maximum Gasteiger partial charge on any atom is 0.264 e. The van der Waals surface area contributed by atoms with Crippen LogP contribution in [-0.2, 0) is 21.2 Å². The lowest BCUT2D eigenvalue weighted by molar-refractivity contribution is -0.118. The monoisotopic (exact) mass is 486 g/mol. The topological polar surface area (TPSA) is 84.9 Å². The van der Waals surface area contributed by atoms with Gasteiger partial charge >= 0.3 is 0 Å². The van der Waals surface area contributed by atoms with Crippen molar-refractivity contribution < 1.29 is 22.7 Å². The second-order valence-electron chi connectivity index (χ2n) is 7.46. The molecule has 9 heteroatoms. The number of ether oxygens (including phenoxy) is 2. The molecule has 0 bridgehead atoms. The quantitative estimate of drug-likeness (QED) is 0.531. The van der Waals surface area contributed by atoms with Crippen LogP contribution >= 0.6 is 11.6 Å². The van der Waals surface area contributed by atoms with E-state index in [0.717, 1.165) is 24.1 Å². The van der Waals surface area contributed by atoms with Crippen molar-refractivity contribution in [1.29, 1.82) is 0 Å². The number of hydrogen-bond acceptors (Lipinski definition) is 5. The van der Waals surface area contributed by atoms with Gasteiger partial charge in [0.25, 0.3) is 15.9 Å². The van der Waals surface area contributed by atoms with E-state index in [0.29, 0.717) is 28.8 Å². The summed E-state index contributed by atoms with van der Waals surface area (Å²) < 4.78 is 38.6. The predicted molar refractivity (Wildman–Crippen MR) is 128 cm³/mol. The Morgan fingerprint density at radius 2 is 1.85 bits per heavy atom. The summed E-state index contributed by atoms with van der Waals surface area (Å²) >= 11 is 5.98. The van der Waals surface area contributed by atoms with Gasteiger partial charge < -0.3 is 14.8 Å². The fourth-order valence-corrected chi connectivity index (χ4v) is 5.41. The molecule has 0 aliphatic carbocycles. The van der Waals surface area contributed by atoms with Gasteiger partial charge in [0.05, 0.1) is 23.4 Å². The van der Waals surface area contributed by atoms with Crippen LogP contribution in [0.5, 0.6) is 11.5 Å². The Kier molecular flexibility index (Phi) is 6.76. The molecular formula is C24H23ClN2O5S. The molecule has 1 heterocycles. The number of nitrogens with one attached hydrogen (secondary N) is 1. The van der Waals surface area contributed by atoms with E-state index in [4.69, 9.17) is 21.1 Å². The van der Waals surface area contributed by atoms with Gasteiger partial charge in [-0.3, -0.25) is 9.10 Å². The summed E-state index contributed by atoms with van der Waals surface area (Å²) in [6, 6.07) is 18.5. The molecule has 0 atom stereocenters. The largest absolute Gasteiger partial charge is 0.495 e. The highest BCUT2D eigenvalue weighted by atomic mass is 35.5. The van der Waals surface area contributed by atoms with Gasteiger partial charge in [-0.15, -0.1) is 0 Å². The number of rotatable bonds is 7. The average molecular weight is 487 g/mol. The van der Waals surface area contributed by atoms with Gasteiger partial charge in [0.1, 0.15) is 11.5 Å². The number of methoxy groups -OCH3 is 1. The fraction of sp³-hybridized carbons (Fsp3) is 0.208. The number of halogens is 1. The van der Waals surface area contributed by atoms with Crippen LogP contribution in [0.1, 0.15) is 12.0 Å². The summed E-state index contributed by atoms with van der Waals surface area (Å²) in [5.74, 6) is 0.444. The number of benzene rings is 3. The van der Waals surface area contributed by atoms with Crippen LogP contribution < -0.4 is 19.1 Å². The number of amides is 1. The van der Waals surface area contributed by atoms with E-state index in [1.54, 1.807) is 18.2 Å². The molecule has 0 spiro atoms. The van der Waals surface area contributed by atoms with Crippen LogP contribution in [0, 0.1) is 0 Å². The number of aryl methyl sites for hydroxylation is 1. The van der Waals surface area contributed by atoms with Crippen molar-refractivity contribution in [2.45, 2.75) is 17.7 Å². The lowest BCUT2D eigenvalue weighted by Gasteiger charge is -2.30. The number of hydrogen-bond donors (Lipinski definition) is 1. The van der Waals surface area contributed by atoms with Gasteiger partial charge in [-0.25, -0.2) is 8.42 Å². The Labute approximate surface area is 197 Å². The minimum absolute atomic E-state index is 0.166. The zero-order chi connectivity index (χ0) is 23.4. The summed E-state index contributed by atoms with van der Waals surface area (Å²) in [5, 5.41) is 3.14. The molecule has 1 N–H and O–H groups in total. The second kappa shape index (κ2) is 9.72. The summed E-state index contributed by atoms with van der Waals surface area (Å²) in [6.45, 7) is 0.173. The van der Waals surface area contributed by atoms with Gasteiger partial charge in [-0.05, 0) is 66.9 Å². The van der Waals surface area contributed by atoms with Crippen molar-refractivity contribution in [2.75, 3.05) is 29.9 Å². The van der Waals surface area contributed by atoms with Crippen molar-refractivity contribution in [3.05, 3.63) is 77.3 Å². The second-order valence-corrected chi connectivity index (χ2v) is 9.76. The number of carbonyl (C=O) groups is 1. The third-order valence-electron chi connectivity index (χ3n) is 5.28. The maximum absolute atomic E-state index is 13.2. The molecule has 172 valence electrons. The minimum Gasteiger partial charge on any atom is -0.495 e. The van der Waals surface area contributed by atoms with E-state index >= 15 is 0 Å². The lowest BCUT2D eigenvalue weighted by atomic mass is 10.0. The van der Waals surface area contributed by atoms with Crippen LogP contribution in [-0.4, -0.2) is 34.6 Å². The minimum atomic E-state index is -3.70. The molecule has 7 nitrogen and oxygen atoms in total. The molecule has 1 amide bonds. The van der Waals surface area contributed by atoms with Gasteiger partial charge in [-0.1, -0.05) is 29.8 Å². The molecular weight excluding hydrogens is 464 g/mol. The van der Waals surface area contributed by atoms with E-state index in [9.17, 15) is 13.2 Å². The summed E-state index contributed by atoms with van der Waals surface area (Å²) in [6.07, 6.45) is 1.63. The normalized spacial score (nSPS) is 13.2. The summed E-state index contributed by atoms with van der Waals surface area (Å²) in [5.41, 5.74) is 2.17. The van der Waals surface area contributed by atoms with E-state index < -0.39 is 15.9 Å². The van der Waals surface area contributed by atoms with Crippen molar-refractivity contribution >= 4 is 38.9 Å². The Morgan fingerprint density at radius 1 is 1.09 bits per heavy atom. The zero-order valence-electron chi connectivity index (χ0n) is 18.0. The van der Waals surface area contributed by atoms with E-state index in [1.165, 1.54) is 35.7 Å². The van der Waals surface area contributed by atoms with E-state index in [1.807, 2.05) is 24.3 Å². The Hall–Kier alpha value is -3.23. The molecule has 3 aromatic rings. The number of fused-ring (bicyclic) bond motifs is 1. The van der Waals surface area contributed by atoms with Gasteiger partial charge in [0, 0.05) is 11.6 Å². The first-order chi connectivity index (χ1) is 15.9. The molecule has 1 aliphatic heterocycles. The first-order valence-electron chi connectivity index (χ1n) is 10.4. The zero-order valence-corrected chi connectivity index (χ0v) is 19.5. The fourth-order valence-electron chi connectivity index (χ4n) is 3.70. The molecule has 0 fully saturated rings. The highest BCUT2D eigenvalue weighted by molar-refractivity contribution is 7.92. The van der Waals surface area contributed by atoms with Crippen molar-refractivity contribution in [1.82, 2.24) is 0 Å². The summed E-state index contributed by atoms with van der Waals surface area (Å²) in [4.78, 5) is 12.4. The number of carbonyl (C=O) groups excluding carboxylic acids is 1. The molecule has 0 radical (unpaired) electrons. The number of para-hydroxylation sites is 1. The SMILES string of the molecule is COc1ccc(Cl)cc1NC(=O)COc1ccc(S(=O)(=O)N2CCCc3ccccc32)cc1. The first kappa shape index (κ1) is 22.9. The standard InChI is InChI=1S/C24H23ClN2O5S/c1-31-23-13-8-18(25)15-21(23)26-24(28)16-32-19-9-11-20(12-10-19)33(29,30)27-14-4-6-17-5-2-3-7-22(17)27/h2-3,5,7-13,15H,4,6,14,16H2,1H3,(H,26,28). The molecule has 1 aliphatic rings. The smallest absolute Gasteiger partial charge is 0.264 e. The van der Waals surface area contributed by atoms with Crippen LogP contribution in [0.2, 0.25) is 5.02 Å². The van der Waals surface area contributed by atoms with Gasteiger partial charge in [0.2, 0.25) is 0 Å². The average Bonchev–Trinajstić information content (AvgIpc) is 2.83. The highest BCUT2D eigenvalue weighted by Gasteiger charge is 2.28. The molecule has 3 aromatic carbocycles. The third-order valence-corrected chi connectivity index (χ3v) is 7.35. The first-order valence-corrected chi connectivity index (χ1v) is 12.2. The summed E-state index contributed by atoms with van der Waals surface area (Å²) in [7, 11) is -2.21. The Morgan fingerprint density at radius 3 is 2.61 bits per heavy atom. The van der Waals surface area contributed by atoms with E-state index in [2.05, 4.69) is 5.32 Å². The van der Waals surface area contributed by atoms with Gasteiger partial charge in [-0.2, -0.15) is 0 Å². The van der Waals surface area contributed by atoms with Gasteiger partial charge in [0.15, 0.2) is 6.61 Å². The molecule has 0 saturated heterocycles. The van der Waals surface area contributed by atoms with Crippen LogP contribution in [0.25, 0.3) is 0 Å². The number of anilines is 2. The van der Waals surface area contributed by atoms with Crippen LogP contribution in [0.15, 0.2) is 71.6 Å². The van der Waals surface area contributed by atoms with Crippen molar-refractivity contribution in [3.63, 3.8) is 0 Å². The highest BCUT2D eigenvalue weighted by Crippen LogP contribution is 2.32. The van der Waals surface area contributed by atoms with Crippen molar-refractivity contribution in [2.24, 2.45) is 0 Å². The maximum atomic E-state index is 13.2. The Balaban J connectivity index is 1.42. The van der Waals surface area contributed by atoms with Crippen LogP contribution in [0.3, 0.4) is 0 Å². The van der Waals surface area contributed by atoms with Crippen molar-refractivity contribution in [3.8, 4) is 11.5 Å². The number of sulfonamides is 1.